The van der Waals surface area contributed by atoms with Crippen molar-refractivity contribution in [2.24, 2.45) is 0 Å². The molecule has 2 atom stereocenters. The number of benzene rings is 1. The topological polar surface area (TPSA) is 130 Å². The first-order valence-electron chi connectivity index (χ1n) is 6.61. The van der Waals surface area contributed by atoms with Crippen molar-refractivity contribution in [2.75, 3.05) is 0 Å². The number of tetrazole rings is 1. The highest BCUT2D eigenvalue weighted by molar-refractivity contribution is 6.30. The van der Waals surface area contributed by atoms with Gasteiger partial charge >= 0.3 is 5.97 Å². The number of nitrogens with one attached hydrogen (secondary N) is 1. The van der Waals surface area contributed by atoms with Crippen LogP contribution < -0.4 is 5.32 Å². The Labute approximate surface area is 135 Å². The molecule has 0 fully saturated rings. The van der Waals surface area contributed by atoms with E-state index in [4.69, 9.17) is 16.7 Å². The molecule has 0 saturated carbocycles. The maximum absolute atomic E-state index is 11.8. The summed E-state index contributed by atoms with van der Waals surface area (Å²) in [5.74, 6) is -1.63. The Hall–Kier alpha value is -2.52. The van der Waals surface area contributed by atoms with E-state index in [1.807, 2.05) is 0 Å². The van der Waals surface area contributed by atoms with E-state index in [-0.39, 0.29) is 6.54 Å². The highest BCUT2D eigenvalue weighted by Crippen LogP contribution is 2.16. The van der Waals surface area contributed by atoms with Crippen LogP contribution in [0.15, 0.2) is 24.3 Å². The van der Waals surface area contributed by atoms with E-state index in [1.54, 1.807) is 24.3 Å². The Morgan fingerprint density at radius 3 is 2.61 bits per heavy atom. The lowest BCUT2D eigenvalue weighted by Crippen LogP contribution is -2.46. The minimum Gasteiger partial charge on any atom is -0.479 e. The van der Waals surface area contributed by atoms with Crippen LogP contribution in [0.4, 0.5) is 0 Å². The molecule has 0 bridgehead atoms. The summed E-state index contributed by atoms with van der Waals surface area (Å²) in [6.07, 6.45) is -1.69. The van der Waals surface area contributed by atoms with Gasteiger partial charge in [0.15, 0.2) is 6.10 Å². The molecule has 10 heteroatoms. The number of halogens is 1. The van der Waals surface area contributed by atoms with Gasteiger partial charge in [-0.15, -0.1) is 10.2 Å². The second kappa shape index (κ2) is 7.16. The fourth-order valence-electron chi connectivity index (χ4n) is 1.75. The van der Waals surface area contributed by atoms with Crippen molar-refractivity contribution in [1.82, 2.24) is 25.5 Å². The second-order valence-corrected chi connectivity index (χ2v) is 5.23. The highest BCUT2D eigenvalue weighted by atomic mass is 35.5. The van der Waals surface area contributed by atoms with Crippen LogP contribution >= 0.6 is 11.6 Å². The number of hydrogen-bond acceptors (Lipinski definition) is 6. The van der Waals surface area contributed by atoms with Crippen LogP contribution in [0.5, 0.6) is 0 Å². The third kappa shape index (κ3) is 4.47. The van der Waals surface area contributed by atoms with Crippen LogP contribution in [0, 0.1) is 0 Å². The summed E-state index contributed by atoms with van der Waals surface area (Å²) in [7, 11) is 0. The Morgan fingerprint density at radius 2 is 2.00 bits per heavy atom. The van der Waals surface area contributed by atoms with Gasteiger partial charge < -0.3 is 15.5 Å². The minimum absolute atomic E-state index is 0.253. The number of carbonyl (C=O) groups excluding carboxylic acids is 1. The molecule has 3 N–H and O–H groups in total. The fraction of sp³-hybridized carbons (Fsp3) is 0.308. The van der Waals surface area contributed by atoms with Gasteiger partial charge in [0.2, 0.25) is 11.7 Å². The number of aromatic nitrogens is 4. The number of aliphatic hydroxyl groups is 1. The average Bonchev–Trinajstić information content (AvgIpc) is 2.95. The van der Waals surface area contributed by atoms with Gasteiger partial charge in [-0.25, -0.2) is 4.79 Å². The van der Waals surface area contributed by atoms with Gasteiger partial charge in [0.25, 0.3) is 0 Å². The van der Waals surface area contributed by atoms with Crippen LogP contribution in [-0.2, 0) is 16.1 Å². The molecule has 0 spiro atoms. The largest absolute Gasteiger partial charge is 0.479 e. The molecule has 122 valence electrons. The van der Waals surface area contributed by atoms with Crippen molar-refractivity contribution < 1.29 is 19.8 Å². The Balaban J connectivity index is 1.97. The van der Waals surface area contributed by atoms with Gasteiger partial charge in [-0.05, 0) is 36.4 Å². The van der Waals surface area contributed by atoms with Crippen LogP contribution in [0.1, 0.15) is 6.92 Å². The van der Waals surface area contributed by atoms with Crippen molar-refractivity contribution in [2.45, 2.75) is 25.6 Å². The Bertz CT molecular complexity index is 703. The maximum atomic E-state index is 11.8. The van der Waals surface area contributed by atoms with E-state index >= 15 is 0 Å². The number of rotatable bonds is 6. The summed E-state index contributed by atoms with van der Waals surface area (Å²) in [5, 5.41) is 32.5. The van der Waals surface area contributed by atoms with E-state index in [1.165, 1.54) is 6.92 Å². The molecule has 0 radical (unpaired) electrons. The molecule has 0 aliphatic rings. The highest BCUT2D eigenvalue weighted by Gasteiger charge is 2.23. The van der Waals surface area contributed by atoms with Crippen LogP contribution in [-0.4, -0.2) is 54.4 Å². The number of amides is 1. The van der Waals surface area contributed by atoms with Crippen molar-refractivity contribution in [3.05, 3.63) is 29.3 Å². The Kier molecular flexibility index (Phi) is 5.24. The van der Waals surface area contributed by atoms with E-state index in [9.17, 15) is 14.7 Å². The molecule has 0 saturated heterocycles. The minimum atomic E-state index is -1.69. The van der Waals surface area contributed by atoms with Gasteiger partial charge in [0.1, 0.15) is 6.54 Å². The standard InChI is InChI=1S/C13H14ClN5O4/c1-7(11(21)13(22)23)15-10(20)6-19-17-12(16-18-19)8-2-4-9(14)5-3-8/h2-5,7,11,21H,6H2,1H3,(H,15,20)(H,22,23). The number of hydrogen-bond donors (Lipinski definition) is 3. The van der Waals surface area contributed by atoms with Gasteiger partial charge in [-0.2, -0.15) is 4.80 Å². The number of nitrogens with zero attached hydrogens (tertiary/aromatic N) is 4. The first-order chi connectivity index (χ1) is 10.9. The van der Waals surface area contributed by atoms with Crippen molar-refractivity contribution in [3.8, 4) is 11.4 Å². The zero-order valence-corrected chi connectivity index (χ0v) is 12.8. The van der Waals surface area contributed by atoms with E-state index in [2.05, 4.69) is 20.7 Å². The molecular weight excluding hydrogens is 326 g/mol. The molecule has 0 aliphatic carbocycles. The zero-order chi connectivity index (χ0) is 17.0. The van der Waals surface area contributed by atoms with Crippen LogP contribution in [0.25, 0.3) is 11.4 Å². The first-order valence-corrected chi connectivity index (χ1v) is 6.98. The third-order valence-corrected chi connectivity index (χ3v) is 3.21. The summed E-state index contributed by atoms with van der Waals surface area (Å²) in [6.45, 7) is 1.13. The second-order valence-electron chi connectivity index (χ2n) is 4.79. The van der Waals surface area contributed by atoms with Gasteiger partial charge in [0, 0.05) is 10.6 Å². The van der Waals surface area contributed by atoms with Crippen molar-refractivity contribution >= 4 is 23.5 Å². The van der Waals surface area contributed by atoms with Crippen molar-refractivity contribution in [1.29, 1.82) is 0 Å². The fourth-order valence-corrected chi connectivity index (χ4v) is 1.87. The van der Waals surface area contributed by atoms with Gasteiger partial charge in [0.05, 0.1) is 6.04 Å². The number of aliphatic hydroxyl groups excluding tert-OH is 1. The average molecular weight is 340 g/mol. The monoisotopic (exact) mass is 339 g/mol. The summed E-state index contributed by atoms with van der Waals surface area (Å²) in [5.41, 5.74) is 0.690. The number of aliphatic carboxylic acids is 1. The SMILES string of the molecule is CC(NC(=O)Cn1nnc(-c2ccc(Cl)cc2)n1)C(O)C(=O)O. The quantitative estimate of drug-likeness (QED) is 0.672. The summed E-state index contributed by atoms with van der Waals surface area (Å²) >= 11 is 5.79. The molecule has 9 nitrogen and oxygen atoms in total. The maximum Gasteiger partial charge on any atom is 0.334 e. The first kappa shape index (κ1) is 16.8. The van der Waals surface area contributed by atoms with E-state index in [0.717, 1.165) is 4.80 Å². The molecule has 2 rings (SSSR count). The van der Waals surface area contributed by atoms with E-state index < -0.39 is 24.0 Å². The van der Waals surface area contributed by atoms with E-state index in [0.29, 0.717) is 16.4 Å². The van der Waals surface area contributed by atoms with Crippen LogP contribution in [0.2, 0.25) is 5.02 Å². The molecular formula is C13H14ClN5O4. The lowest BCUT2D eigenvalue weighted by molar-refractivity contribution is -0.148. The number of carboxylic acid groups (broad SMARTS) is 1. The third-order valence-electron chi connectivity index (χ3n) is 2.96. The number of carboxylic acids is 1. The molecule has 1 heterocycles. The van der Waals surface area contributed by atoms with Gasteiger partial charge in [-0.1, -0.05) is 11.6 Å². The molecule has 2 aromatic rings. The molecule has 2 unspecified atom stereocenters. The molecule has 1 amide bonds. The smallest absolute Gasteiger partial charge is 0.334 e. The molecule has 23 heavy (non-hydrogen) atoms. The lowest BCUT2D eigenvalue weighted by Gasteiger charge is -2.16. The van der Waals surface area contributed by atoms with Crippen LogP contribution in [0.3, 0.4) is 0 Å². The molecule has 1 aromatic carbocycles. The summed E-state index contributed by atoms with van der Waals surface area (Å²) in [6, 6.07) is 5.85. The zero-order valence-electron chi connectivity index (χ0n) is 12.0. The molecule has 0 aliphatic heterocycles. The predicted octanol–water partition coefficient (Wildman–Crippen LogP) is -0.0563. The lowest BCUT2D eigenvalue weighted by atomic mass is 10.2. The van der Waals surface area contributed by atoms with Crippen molar-refractivity contribution in [3.63, 3.8) is 0 Å². The Morgan fingerprint density at radius 1 is 1.35 bits per heavy atom. The summed E-state index contributed by atoms with van der Waals surface area (Å²) in [4.78, 5) is 23.5. The van der Waals surface area contributed by atoms with Gasteiger partial charge in [-0.3, -0.25) is 4.79 Å². The molecule has 1 aromatic heterocycles. The normalized spacial score (nSPS) is 13.3. The predicted molar refractivity (Wildman–Crippen MR) is 79.5 cm³/mol. The number of carbonyl (C=O) groups is 2. The summed E-state index contributed by atoms with van der Waals surface area (Å²) < 4.78 is 0.